The van der Waals surface area contributed by atoms with E-state index in [1.54, 1.807) is 6.33 Å². The van der Waals surface area contributed by atoms with Crippen molar-refractivity contribution in [2.45, 2.75) is 37.8 Å². The van der Waals surface area contributed by atoms with Crippen molar-refractivity contribution in [2.24, 2.45) is 5.92 Å². The van der Waals surface area contributed by atoms with Crippen molar-refractivity contribution < 1.29 is 9.90 Å². The van der Waals surface area contributed by atoms with E-state index in [0.717, 1.165) is 11.4 Å². The van der Waals surface area contributed by atoms with Crippen LogP contribution < -0.4 is 5.32 Å². The molecule has 1 aliphatic heterocycles. The zero-order valence-electron chi connectivity index (χ0n) is 8.94. The van der Waals surface area contributed by atoms with Crippen molar-refractivity contribution >= 4 is 5.97 Å². The first kappa shape index (κ1) is 9.84. The van der Waals surface area contributed by atoms with Crippen LogP contribution in [0.25, 0.3) is 0 Å². The van der Waals surface area contributed by atoms with Gasteiger partial charge in [0.15, 0.2) is 0 Å². The molecule has 1 aromatic heterocycles. The highest BCUT2D eigenvalue weighted by atomic mass is 16.4. The SMILES string of the molecule is O=C(O)[C@H]1Cc2[nH]cnc2C(C2CCC2)N1. The number of imidazole rings is 1. The van der Waals surface area contributed by atoms with Gasteiger partial charge in [-0.1, -0.05) is 6.42 Å². The van der Waals surface area contributed by atoms with E-state index in [0.29, 0.717) is 12.3 Å². The van der Waals surface area contributed by atoms with Crippen molar-refractivity contribution in [3.63, 3.8) is 0 Å². The molecular weight excluding hydrogens is 206 g/mol. The molecular formula is C11H15N3O2. The molecule has 1 unspecified atom stereocenters. The minimum atomic E-state index is -0.774. The van der Waals surface area contributed by atoms with E-state index in [2.05, 4.69) is 15.3 Å². The number of H-pyrrole nitrogens is 1. The Kier molecular flexibility index (Phi) is 2.21. The van der Waals surface area contributed by atoms with Crippen LogP contribution in [0, 0.1) is 5.92 Å². The van der Waals surface area contributed by atoms with Crippen molar-refractivity contribution in [1.82, 2.24) is 15.3 Å². The Morgan fingerprint density at radius 2 is 2.31 bits per heavy atom. The van der Waals surface area contributed by atoms with Crippen molar-refractivity contribution in [2.75, 3.05) is 0 Å². The van der Waals surface area contributed by atoms with Crippen LogP contribution in [-0.2, 0) is 11.2 Å². The lowest BCUT2D eigenvalue weighted by Gasteiger charge is -2.38. The standard InChI is InChI=1S/C11H15N3O2/c15-11(16)8-4-7-10(13-5-12-7)9(14-8)6-2-1-3-6/h5-6,8-9,14H,1-4H2,(H,12,13)(H,15,16)/t8-,9?/m1/s1. The van der Waals surface area contributed by atoms with E-state index in [4.69, 9.17) is 5.11 Å². The first-order valence-electron chi connectivity index (χ1n) is 5.76. The molecule has 3 N–H and O–H groups in total. The summed E-state index contributed by atoms with van der Waals surface area (Å²) in [6.07, 6.45) is 5.78. The molecule has 0 bridgehead atoms. The predicted molar refractivity (Wildman–Crippen MR) is 56.9 cm³/mol. The van der Waals surface area contributed by atoms with Crippen LogP contribution >= 0.6 is 0 Å². The van der Waals surface area contributed by atoms with E-state index >= 15 is 0 Å². The van der Waals surface area contributed by atoms with Gasteiger partial charge in [-0.25, -0.2) is 4.98 Å². The highest BCUT2D eigenvalue weighted by Gasteiger charge is 2.38. The molecule has 2 atom stereocenters. The number of nitrogens with zero attached hydrogens (tertiary/aromatic N) is 1. The number of carbonyl (C=O) groups is 1. The molecule has 1 fully saturated rings. The third kappa shape index (κ3) is 1.43. The molecule has 5 heteroatoms. The lowest BCUT2D eigenvalue weighted by Crippen LogP contribution is -2.48. The fourth-order valence-electron chi connectivity index (χ4n) is 2.61. The van der Waals surface area contributed by atoms with Crippen LogP contribution in [0.15, 0.2) is 6.33 Å². The summed E-state index contributed by atoms with van der Waals surface area (Å²) in [5.41, 5.74) is 2.02. The normalized spacial score (nSPS) is 29.5. The Morgan fingerprint density at radius 3 is 2.94 bits per heavy atom. The Labute approximate surface area is 93.3 Å². The molecule has 0 aromatic carbocycles. The largest absolute Gasteiger partial charge is 0.480 e. The van der Waals surface area contributed by atoms with Crippen LogP contribution in [0.3, 0.4) is 0 Å². The summed E-state index contributed by atoms with van der Waals surface area (Å²) in [4.78, 5) is 18.4. The molecule has 3 rings (SSSR count). The Bertz CT molecular complexity index is 411. The third-order valence-electron chi connectivity index (χ3n) is 3.75. The number of hydrogen-bond acceptors (Lipinski definition) is 3. The van der Waals surface area contributed by atoms with Gasteiger partial charge >= 0.3 is 5.97 Å². The van der Waals surface area contributed by atoms with Gasteiger partial charge in [-0.15, -0.1) is 0 Å². The maximum absolute atomic E-state index is 11.1. The van der Waals surface area contributed by atoms with Gasteiger partial charge in [0.05, 0.1) is 18.1 Å². The maximum atomic E-state index is 11.1. The number of carboxylic acid groups (broad SMARTS) is 1. The van der Waals surface area contributed by atoms with Gasteiger partial charge in [0.2, 0.25) is 0 Å². The molecule has 16 heavy (non-hydrogen) atoms. The zero-order valence-corrected chi connectivity index (χ0v) is 8.94. The van der Waals surface area contributed by atoms with Crippen LogP contribution in [0.4, 0.5) is 0 Å². The van der Waals surface area contributed by atoms with Gasteiger partial charge in [-0.2, -0.15) is 0 Å². The average Bonchev–Trinajstić information content (AvgIpc) is 2.62. The van der Waals surface area contributed by atoms with Crippen LogP contribution in [0.1, 0.15) is 36.7 Å². The number of aliphatic carboxylic acids is 1. The van der Waals surface area contributed by atoms with Gasteiger partial charge in [0.1, 0.15) is 6.04 Å². The Balaban J connectivity index is 1.90. The lowest BCUT2D eigenvalue weighted by atomic mass is 9.76. The highest BCUT2D eigenvalue weighted by Crippen LogP contribution is 2.40. The van der Waals surface area contributed by atoms with Gasteiger partial charge in [0.25, 0.3) is 0 Å². The summed E-state index contributed by atoms with van der Waals surface area (Å²) in [5.74, 6) is -0.214. The summed E-state index contributed by atoms with van der Waals surface area (Å²) in [5, 5.41) is 12.3. The number of carboxylic acids is 1. The predicted octanol–water partition coefficient (Wildman–Crippen LogP) is 0.850. The van der Waals surface area contributed by atoms with Gasteiger partial charge < -0.3 is 10.1 Å². The van der Waals surface area contributed by atoms with Gasteiger partial charge in [0, 0.05) is 12.1 Å². The first-order chi connectivity index (χ1) is 7.75. The fourth-order valence-corrected chi connectivity index (χ4v) is 2.61. The van der Waals surface area contributed by atoms with Crippen LogP contribution in [0.5, 0.6) is 0 Å². The topological polar surface area (TPSA) is 78.0 Å². The molecule has 86 valence electrons. The molecule has 1 saturated carbocycles. The first-order valence-corrected chi connectivity index (χ1v) is 5.76. The second kappa shape index (κ2) is 3.59. The smallest absolute Gasteiger partial charge is 0.321 e. The van der Waals surface area contributed by atoms with Crippen LogP contribution in [0.2, 0.25) is 0 Å². The highest BCUT2D eigenvalue weighted by molar-refractivity contribution is 5.74. The van der Waals surface area contributed by atoms with Crippen molar-refractivity contribution in [3.05, 3.63) is 17.7 Å². The van der Waals surface area contributed by atoms with Gasteiger partial charge in [-0.3, -0.25) is 10.1 Å². The zero-order chi connectivity index (χ0) is 11.1. The fraction of sp³-hybridized carbons (Fsp3) is 0.636. The maximum Gasteiger partial charge on any atom is 0.321 e. The monoisotopic (exact) mass is 221 g/mol. The summed E-state index contributed by atoms with van der Waals surface area (Å²) < 4.78 is 0. The summed E-state index contributed by atoms with van der Waals surface area (Å²) in [6, 6.07) is -0.344. The summed E-state index contributed by atoms with van der Waals surface area (Å²) in [7, 11) is 0. The summed E-state index contributed by atoms with van der Waals surface area (Å²) in [6.45, 7) is 0. The Hall–Kier alpha value is -1.36. The number of aromatic amines is 1. The molecule has 0 spiro atoms. The minimum Gasteiger partial charge on any atom is -0.480 e. The Morgan fingerprint density at radius 1 is 1.50 bits per heavy atom. The molecule has 1 aromatic rings. The number of aromatic nitrogens is 2. The van der Waals surface area contributed by atoms with E-state index in [9.17, 15) is 4.79 Å². The number of nitrogens with one attached hydrogen (secondary N) is 2. The number of rotatable bonds is 2. The second-order valence-electron chi connectivity index (χ2n) is 4.70. The molecule has 2 heterocycles. The second-order valence-corrected chi connectivity index (χ2v) is 4.70. The molecule has 5 nitrogen and oxygen atoms in total. The van der Waals surface area contributed by atoms with Crippen LogP contribution in [-0.4, -0.2) is 27.1 Å². The number of fused-ring (bicyclic) bond motifs is 1. The van der Waals surface area contributed by atoms with E-state index in [1.165, 1.54) is 19.3 Å². The third-order valence-corrected chi connectivity index (χ3v) is 3.75. The quantitative estimate of drug-likeness (QED) is 0.691. The van der Waals surface area contributed by atoms with Crippen molar-refractivity contribution in [1.29, 1.82) is 0 Å². The average molecular weight is 221 g/mol. The number of hydrogen-bond donors (Lipinski definition) is 3. The van der Waals surface area contributed by atoms with E-state index in [1.807, 2.05) is 0 Å². The van der Waals surface area contributed by atoms with E-state index < -0.39 is 12.0 Å². The lowest BCUT2D eigenvalue weighted by molar-refractivity contribution is -0.140. The molecule has 1 aliphatic carbocycles. The van der Waals surface area contributed by atoms with Gasteiger partial charge in [-0.05, 0) is 18.8 Å². The van der Waals surface area contributed by atoms with E-state index in [-0.39, 0.29) is 6.04 Å². The molecule has 0 saturated heterocycles. The van der Waals surface area contributed by atoms with Crippen molar-refractivity contribution in [3.8, 4) is 0 Å². The molecule has 0 radical (unpaired) electrons. The summed E-state index contributed by atoms with van der Waals surface area (Å²) >= 11 is 0. The molecule has 2 aliphatic rings. The minimum absolute atomic E-state index is 0.129. The molecule has 0 amide bonds.